The van der Waals surface area contributed by atoms with Gasteiger partial charge < -0.3 is 0 Å². The molecule has 1 rings (SSSR count). The lowest BCUT2D eigenvalue weighted by Crippen LogP contribution is -1.91. The Labute approximate surface area is 68.6 Å². The summed E-state index contributed by atoms with van der Waals surface area (Å²) in [4.78, 5) is 0. The van der Waals surface area contributed by atoms with Gasteiger partial charge in [0, 0.05) is 0 Å². The van der Waals surface area contributed by atoms with Crippen molar-refractivity contribution in [1.82, 2.24) is 0 Å². The fourth-order valence-corrected chi connectivity index (χ4v) is 1.22. The molecule has 0 saturated heterocycles. The fraction of sp³-hybridized carbons (Fsp3) is 0.273. The number of aryl methyl sites for hydroxylation is 1. The Morgan fingerprint density at radius 3 is 2.55 bits per heavy atom. The van der Waals surface area contributed by atoms with Crippen LogP contribution in [-0.4, -0.2) is 0 Å². The van der Waals surface area contributed by atoms with Crippen LogP contribution in [0.1, 0.15) is 24.0 Å². The van der Waals surface area contributed by atoms with E-state index < -0.39 is 0 Å². The molecule has 0 fully saturated rings. The molecular formula is C11H14. The summed E-state index contributed by atoms with van der Waals surface area (Å²) in [5, 5.41) is 0. The molecule has 1 aromatic rings. The first kappa shape index (κ1) is 8.06. The Kier molecular flexibility index (Phi) is 2.48. The molecule has 0 bridgehead atoms. The molecule has 0 aliphatic rings. The largest absolute Gasteiger partial charge is 0.102 e. The summed E-state index contributed by atoms with van der Waals surface area (Å²) in [6, 6.07) is 8.42. The van der Waals surface area contributed by atoms with E-state index in [0.29, 0.717) is 5.92 Å². The molecule has 0 unspecified atom stereocenters. The van der Waals surface area contributed by atoms with Crippen LogP contribution in [0.2, 0.25) is 0 Å². The van der Waals surface area contributed by atoms with E-state index in [-0.39, 0.29) is 0 Å². The topological polar surface area (TPSA) is 0 Å². The lowest BCUT2D eigenvalue weighted by atomic mass is 9.97. The molecule has 1 aromatic carbocycles. The van der Waals surface area contributed by atoms with E-state index in [0.717, 1.165) is 0 Å². The molecule has 0 heteroatoms. The zero-order valence-electron chi connectivity index (χ0n) is 7.17. The minimum Gasteiger partial charge on any atom is -0.102 e. The molecule has 0 nitrogen and oxygen atoms in total. The number of hydrogen-bond donors (Lipinski definition) is 0. The maximum Gasteiger partial charge on any atom is -0.00105 e. The number of hydrogen-bond acceptors (Lipinski definition) is 0. The molecular weight excluding hydrogens is 132 g/mol. The predicted octanol–water partition coefficient (Wildman–Crippen LogP) is 3.28. The second kappa shape index (κ2) is 3.38. The van der Waals surface area contributed by atoms with Gasteiger partial charge in [0.15, 0.2) is 0 Å². The lowest BCUT2D eigenvalue weighted by Gasteiger charge is -2.08. The van der Waals surface area contributed by atoms with Crippen LogP contribution < -0.4 is 0 Å². The molecule has 0 radical (unpaired) electrons. The van der Waals surface area contributed by atoms with E-state index in [9.17, 15) is 0 Å². The minimum atomic E-state index is 0.469. The summed E-state index contributed by atoms with van der Waals surface area (Å²) < 4.78 is 0. The highest BCUT2D eigenvalue weighted by atomic mass is 14.1. The Morgan fingerprint density at radius 2 is 2.00 bits per heavy atom. The van der Waals surface area contributed by atoms with Crippen molar-refractivity contribution in [3.63, 3.8) is 0 Å². The number of rotatable bonds is 2. The van der Waals surface area contributed by atoms with Crippen molar-refractivity contribution >= 4 is 0 Å². The SMILES string of the molecule is C=C[C@@H](C)c1ccccc1C. The van der Waals surface area contributed by atoms with Crippen LogP contribution in [0.5, 0.6) is 0 Å². The predicted molar refractivity (Wildman–Crippen MR) is 49.8 cm³/mol. The van der Waals surface area contributed by atoms with Gasteiger partial charge in [-0.05, 0) is 24.0 Å². The van der Waals surface area contributed by atoms with Crippen LogP contribution in [0.4, 0.5) is 0 Å². The average molecular weight is 146 g/mol. The normalized spacial score (nSPS) is 12.5. The van der Waals surface area contributed by atoms with Gasteiger partial charge in [-0.2, -0.15) is 0 Å². The van der Waals surface area contributed by atoms with Crippen molar-refractivity contribution in [2.24, 2.45) is 0 Å². The van der Waals surface area contributed by atoms with Gasteiger partial charge in [0.05, 0.1) is 0 Å². The first-order chi connectivity index (χ1) is 5.25. The first-order valence-electron chi connectivity index (χ1n) is 3.93. The maximum absolute atomic E-state index is 3.78. The van der Waals surface area contributed by atoms with E-state index in [4.69, 9.17) is 0 Å². The summed E-state index contributed by atoms with van der Waals surface area (Å²) in [5.41, 5.74) is 2.72. The van der Waals surface area contributed by atoms with Gasteiger partial charge in [0.1, 0.15) is 0 Å². The highest BCUT2D eigenvalue weighted by Gasteiger charge is 2.01. The number of allylic oxidation sites excluding steroid dienone is 1. The molecule has 1 atom stereocenters. The molecule has 0 N–H and O–H groups in total. The Hall–Kier alpha value is -1.04. The second-order valence-electron chi connectivity index (χ2n) is 2.88. The van der Waals surface area contributed by atoms with Gasteiger partial charge in [0.25, 0.3) is 0 Å². The summed E-state index contributed by atoms with van der Waals surface area (Å²) in [6.07, 6.45) is 1.97. The zero-order valence-corrected chi connectivity index (χ0v) is 7.17. The van der Waals surface area contributed by atoms with Crippen molar-refractivity contribution in [2.75, 3.05) is 0 Å². The van der Waals surface area contributed by atoms with Crippen LogP contribution in [0.25, 0.3) is 0 Å². The Bertz CT molecular complexity index is 248. The summed E-state index contributed by atoms with van der Waals surface area (Å²) in [6.45, 7) is 8.07. The Balaban J connectivity index is 3.02. The monoisotopic (exact) mass is 146 g/mol. The van der Waals surface area contributed by atoms with Crippen LogP contribution >= 0.6 is 0 Å². The van der Waals surface area contributed by atoms with Crippen molar-refractivity contribution in [1.29, 1.82) is 0 Å². The van der Waals surface area contributed by atoms with E-state index in [1.165, 1.54) is 11.1 Å². The maximum atomic E-state index is 3.78. The standard InChI is InChI=1S/C11H14/c1-4-9(2)11-8-6-5-7-10(11)3/h4-9H,1H2,2-3H3/t9-/m1/s1. The summed E-state index contributed by atoms with van der Waals surface area (Å²) in [7, 11) is 0. The smallest absolute Gasteiger partial charge is 0.00105 e. The zero-order chi connectivity index (χ0) is 8.27. The quantitative estimate of drug-likeness (QED) is 0.562. The summed E-state index contributed by atoms with van der Waals surface area (Å²) >= 11 is 0. The third-order valence-corrected chi connectivity index (χ3v) is 2.03. The van der Waals surface area contributed by atoms with Gasteiger partial charge >= 0.3 is 0 Å². The molecule has 0 amide bonds. The first-order valence-corrected chi connectivity index (χ1v) is 3.93. The van der Waals surface area contributed by atoms with Crippen molar-refractivity contribution in [3.05, 3.63) is 48.0 Å². The van der Waals surface area contributed by atoms with E-state index in [1.54, 1.807) is 0 Å². The van der Waals surface area contributed by atoms with Crippen LogP contribution in [0, 0.1) is 6.92 Å². The van der Waals surface area contributed by atoms with E-state index in [2.05, 4.69) is 44.7 Å². The minimum absolute atomic E-state index is 0.469. The molecule has 11 heavy (non-hydrogen) atoms. The molecule has 0 aromatic heterocycles. The third kappa shape index (κ3) is 1.70. The molecule has 0 aliphatic heterocycles. The molecule has 58 valence electrons. The highest BCUT2D eigenvalue weighted by molar-refractivity contribution is 5.30. The molecule has 0 aliphatic carbocycles. The average Bonchev–Trinajstić information content (AvgIpc) is 2.04. The molecule has 0 spiro atoms. The van der Waals surface area contributed by atoms with Gasteiger partial charge in [-0.1, -0.05) is 37.3 Å². The van der Waals surface area contributed by atoms with E-state index >= 15 is 0 Å². The summed E-state index contributed by atoms with van der Waals surface area (Å²) in [5.74, 6) is 0.469. The van der Waals surface area contributed by atoms with Gasteiger partial charge in [-0.3, -0.25) is 0 Å². The second-order valence-corrected chi connectivity index (χ2v) is 2.88. The Morgan fingerprint density at radius 1 is 1.36 bits per heavy atom. The van der Waals surface area contributed by atoms with Gasteiger partial charge in [-0.25, -0.2) is 0 Å². The van der Waals surface area contributed by atoms with E-state index in [1.807, 2.05) is 6.08 Å². The van der Waals surface area contributed by atoms with Crippen LogP contribution in [0.15, 0.2) is 36.9 Å². The van der Waals surface area contributed by atoms with Crippen LogP contribution in [-0.2, 0) is 0 Å². The van der Waals surface area contributed by atoms with Crippen molar-refractivity contribution in [3.8, 4) is 0 Å². The lowest BCUT2D eigenvalue weighted by molar-refractivity contribution is 0.956. The van der Waals surface area contributed by atoms with Crippen LogP contribution in [0.3, 0.4) is 0 Å². The number of benzene rings is 1. The fourth-order valence-electron chi connectivity index (χ4n) is 1.22. The molecule has 0 heterocycles. The van der Waals surface area contributed by atoms with Gasteiger partial charge in [0.2, 0.25) is 0 Å². The third-order valence-electron chi connectivity index (χ3n) is 2.03. The molecule has 0 saturated carbocycles. The van der Waals surface area contributed by atoms with Gasteiger partial charge in [-0.15, -0.1) is 6.58 Å². The van der Waals surface area contributed by atoms with Crippen molar-refractivity contribution < 1.29 is 0 Å². The van der Waals surface area contributed by atoms with Crippen molar-refractivity contribution in [2.45, 2.75) is 19.8 Å². The highest BCUT2D eigenvalue weighted by Crippen LogP contribution is 2.19.